The Bertz CT molecular complexity index is 639. The summed E-state index contributed by atoms with van der Waals surface area (Å²) in [6.45, 7) is 2.36. The summed E-state index contributed by atoms with van der Waals surface area (Å²) in [5.41, 5.74) is 0. The number of halogens is 1. The van der Waals surface area contributed by atoms with E-state index in [1.807, 2.05) is 12.1 Å². The first-order chi connectivity index (χ1) is 10.7. The third-order valence-electron chi connectivity index (χ3n) is 3.77. The van der Waals surface area contributed by atoms with Crippen LogP contribution in [0.2, 0.25) is 4.34 Å². The van der Waals surface area contributed by atoms with Gasteiger partial charge in [-0.05, 0) is 25.0 Å². The molecule has 0 aromatic carbocycles. The van der Waals surface area contributed by atoms with Gasteiger partial charge < -0.3 is 4.90 Å². The summed E-state index contributed by atoms with van der Waals surface area (Å²) >= 11 is 7.37. The molecule has 0 spiro atoms. The fraction of sp³-hybridized carbons (Fsp3) is 0.643. The van der Waals surface area contributed by atoms with Crippen molar-refractivity contribution in [2.24, 2.45) is 0 Å². The van der Waals surface area contributed by atoms with E-state index < -0.39 is 10.0 Å². The highest BCUT2D eigenvalue weighted by molar-refractivity contribution is 7.88. The summed E-state index contributed by atoms with van der Waals surface area (Å²) in [5.74, 6) is 0.0593. The molecular formula is C14H22ClN3O3S2. The van der Waals surface area contributed by atoms with Gasteiger partial charge in [0.2, 0.25) is 15.9 Å². The molecule has 1 aromatic rings. The monoisotopic (exact) mass is 379 g/mol. The Labute approximate surface area is 146 Å². The number of amides is 1. The number of likely N-dealkylation sites (N-methyl/N-ethyl adjacent to an activating group) is 1. The van der Waals surface area contributed by atoms with Crippen molar-refractivity contribution >= 4 is 38.9 Å². The van der Waals surface area contributed by atoms with Crippen molar-refractivity contribution in [3.8, 4) is 0 Å². The van der Waals surface area contributed by atoms with Crippen molar-refractivity contribution in [1.82, 2.24) is 14.5 Å². The quantitative estimate of drug-likeness (QED) is 0.810. The third kappa shape index (κ3) is 6.39. The molecule has 0 bridgehead atoms. The molecule has 2 heterocycles. The summed E-state index contributed by atoms with van der Waals surface area (Å²) in [6, 6.07) is 3.74. The average molecular weight is 380 g/mol. The van der Waals surface area contributed by atoms with Crippen LogP contribution >= 0.6 is 22.9 Å². The van der Waals surface area contributed by atoms with Crippen molar-refractivity contribution < 1.29 is 13.2 Å². The number of hydrogen-bond donors (Lipinski definition) is 1. The SMILES string of the molecule is CN(Cc1ccc(Cl)s1)C(=O)CN1CCC(NS(C)(=O)=O)CC1. The van der Waals surface area contributed by atoms with Crippen LogP contribution in [0, 0.1) is 0 Å². The van der Waals surface area contributed by atoms with Gasteiger partial charge in [-0.25, -0.2) is 13.1 Å². The Kier molecular flexibility index (Phi) is 6.44. The van der Waals surface area contributed by atoms with Gasteiger partial charge in [0, 0.05) is 31.1 Å². The van der Waals surface area contributed by atoms with Gasteiger partial charge in [0.15, 0.2) is 0 Å². The fourth-order valence-corrected chi connectivity index (χ4v) is 4.56. The maximum atomic E-state index is 12.3. The summed E-state index contributed by atoms with van der Waals surface area (Å²) in [5, 5.41) is 0. The van der Waals surface area contributed by atoms with Gasteiger partial charge in [0.1, 0.15) is 0 Å². The number of nitrogens with one attached hydrogen (secondary N) is 1. The number of sulfonamides is 1. The molecule has 0 saturated carbocycles. The fourth-order valence-electron chi connectivity index (χ4n) is 2.58. The Balaban J connectivity index is 1.76. The van der Waals surface area contributed by atoms with Crippen LogP contribution in [0.3, 0.4) is 0 Å². The van der Waals surface area contributed by atoms with Crippen molar-refractivity contribution in [2.45, 2.75) is 25.4 Å². The molecule has 130 valence electrons. The molecule has 9 heteroatoms. The second-order valence-corrected chi connectivity index (χ2v) is 9.48. The molecule has 1 aliphatic heterocycles. The molecule has 1 N–H and O–H groups in total. The molecule has 0 radical (unpaired) electrons. The van der Waals surface area contributed by atoms with Crippen LogP contribution in [0.25, 0.3) is 0 Å². The molecule has 0 aliphatic carbocycles. The van der Waals surface area contributed by atoms with Crippen molar-refractivity contribution in [3.05, 3.63) is 21.3 Å². The third-order valence-corrected chi connectivity index (χ3v) is 5.75. The van der Waals surface area contributed by atoms with E-state index in [0.29, 0.717) is 13.1 Å². The normalized spacial score (nSPS) is 17.3. The summed E-state index contributed by atoms with van der Waals surface area (Å²) < 4.78 is 25.8. The minimum Gasteiger partial charge on any atom is -0.340 e. The van der Waals surface area contributed by atoms with E-state index in [2.05, 4.69) is 9.62 Å². The predicted molar refractivity (Wildman–Crippen MR) is 93.2 cm³/mol. The van der Waals surface area contributed by atoms with Crippen LogP contribution in [0.5, 0.6) is 0 Å². The molecule has 1 aromatic heterocycles. The predicted octanol–water partition coefficient (Wildman–Crippen LogP) is 1.37. The van der Waals surface area contributed by atoms with Gasteiger partial charge in [-0.3, -0.25) is 9.69 Å². The zero-order valence-corrected chi connectivity index (χ0v) is 15.7. The minimum atomic E-state index is -3.16. The minimum absolute atomic E-state index is 0.0256. The molecule has 0 unspecified atom stereocenters. The molecule has 2 rings (SSSR count). The molecule has 23 heavy (non-hydrogen) atoms. The highest BCUT2D eigenvalue weighted by atomic mass is 35.5. The van der Waals surface area contributed by atoms with Gasteiger partial charge in [-0.15, -0.1) is 11.3 Å². The van der Waals surface area contributed by atoms with E-state index in [4.69, 9.17) is 11.6 Å². The number of carbonyl (C=O) groups is 1. The van der Waals surface area contributed by atoms with Gasteiger partial charge in [-0.1, -0.05) is 11.6 Å². The molecular weight excluding hydrogens is 358 g/mol. The molecule has 0 atom stereocenters. The van der Waals surface area contributed by atoms with Crippen molar-refractivity contribution in [2.75, 3.05) is 32.9 Å². The molecule has 1 fully saturated rings. The van der Waals surface area contributed by atoms with Crippen LogP contribution in [-0.4, -0.2) is 63.1 Å². The van der Waals surface area contributed by atoms with Gasteiger partial charge in [0.05, 0.1) is 23.7 Å². The smallest absolute Gasteiger partial charge is 0.236 e. The zero-order valence-electron chi connectivity index (χ0n) is 13.3. The van der Waals surface area contributed by atoms with Crippen LogP contribution < -0.4 is 4.72 Å². The highest BCUT2D eigenvalue weighted by Gasteiger charge is 2.23. The van der Waals surface area contributed by atoms with Gasteiger partial charge in [0.25, 0.3) is 0 Å². The topological polar surface area (TPSA) is 69.7 Å². The van der Waals surface area contributed by atoms with E-state index in [1.165, 1.54) is 17.6 Å². The number of piperidine rings is 1. The largest absolute Gasteiger partial charge is 0.340 e. The Morgan fingerprint density at radius 3 is 2.61 bits per heavy atom. The first-order valence-corrected chi connectivity index (χ1v) is 10.5. The second kappa shape index (κ2) is 7.94. The lowest BCUT2D eigenvalue weighted by molar-refractivity contribution is -0.131. The molecule has 1 amide bonds. The standard InChI is InChI=1S/C14H22ClN3O3S2/c1-17(9-12-3-4-13(15)22-12)14(19)10-18-7-5-11(6-8-18)16-23(2,20)21/h3-4,11,16H,5-10H2,1-2H3. The summed E-state index contributed by atoms with van der Waals surface area (Å²) in [7, 11) is -1.38. The first kappa shape index (κ1) is 18.7. The number of likely N-dealkylation sites (tertiary alicyclic amines) is 1. The van der Waals surface area contributed by atoms with Crippen LogP contribution in [0.4, 0.5) is 0 Å². The second-order valence-electron chi connectivity index (χ2n) is 5.90. The van der Waals surface area contributed by atoms with E-state index in [9.17, 15) is 13.2 Å². The average Bonchev–Trinajstić information content (AvgIpc) is 2.84. The maximum absolute atomic E-state index is 12.3. The Hall–Kier alpha value is -0.670. The molecule has 1 saturated heterocycles. The maximum Gasteiger partial charge on any atom is 0.236 e. The molecule has 6 nitrogen and oxygen atoms in total. The Morgan fingerprint density at radius 2 is 2.09 bits per heavy atom. The van der Waals surface area contributed by atoms with Gasteiger partial charge in [-0.2, -0.15) is 0 Å². The van der Waals surface area contributed by atoms with E-state index in [-0.39, 0.29) is 11.9 Å². The van der Waals surface area contributed by atoms with E-state index in [1.54, 1.807) is 11.9 Å². The summed E-state index contributed by atoms with van der Waals surface area (Å²) in [6.07, 6.45) is 2.63. The lowest BCUT2D eigenvalue weighted by Gasteiger charge is -2.32. The number of rotatable bonds is 6. The Morgan fingerprint density at radius 1 is 1.43 bits per heavy atom. The van der Waals surface area contributed by atoms with Crippen molar-refractivity contribution in [1.29, 1.82) is 0 Å². The number of carbonyl (C=O) groups excluding carboxylic acids is 1. The van der Waals surface area contributed by atoms with Crippen molar-refractivity contribution in [3.63, 3.8) is 0 Å². The zero-order chi connectivity index (χ0) is 17.0. The van der Waals surface area contributed by atoms with Crippen LogP contribution in [-0.2, 0) is 21.4 Å². The number of hydrogen-bond acceptors (Lipinski definition) is 5. The van der Waals surface area contributed by atoms with Gasteiger partial charge >= 0.3 is 0 Å². The number of nitrogens with zero attached hydrogens (tertiary/aromatic N) is 2. The lowest BCUT2D eigenvalue weighted by Crippen LogP contribution is -2.47. The van der Waals surface area contributed by atoms with E-state index >= 15 is 0 Å². The summed E-state index contributed by atoms with van der Waals surface area (Å²) in [4.78, 5) is 17.1. The number of thiophene rings is 1. The first-order valence-electron chi connectivity index (χ1n) is 7.41. The van der Waals surface area contributed by atoms with Crippen LogP contribution in [0.15, 0.2) is 12.1 Å². The lowest BCUT2D eigenvalue weighted by atomic mass is 10.1. The van der Waals surface area contributed by atoms with Crippen LogP contribution in [0.1, 0.15) is 17.7 Å². The highest BCUT2D eigenvalue weighted by Crippen LogP contribution is 2.22. The van der Waals surface area contributed by atoms with E-state index in [0.717, 1.165) is 35.1 Å². The molecule has 1 aliphatic rings.